The Morgan fingerprint density at radius 2 is 2.04 bits per heavy atom. The second-order valence-electron chi connectivity index (χ2n) is 6.83. The van der Waals surface area contributed by atoms with Crippen molar-refractivity contribution in [2.45, 2.75) is 24.0 Å². The zero-order valence-electron chi connectivity index (χ0n) is 15.4. The summed E-state index contributed by atoms with van der Waals surface area (Å²) in [6.07, 6.45) is 0.442. The molecule has 8 nitrogen and oxygen atoms in total. The Labute approximate surface area is 162 Å². The van der Waals surface area contributed by atoms with Crippen molar-refractivity contribution in [3.8, 4) is 17.1 Å². The van der Waals surface area contributed by atoms with Gasteiger partial charge in [-0.1, -0.05) is 11.8 Å². The highest BCUT2D eigenvalue weighted by atomic mass is 32.2. The number of nitrogens with one attached hydrogen (secondary N) is 1. The Kier molecular flexibility index (Phi) is 5.48. The molecule has 2 heterocycles. The number of hydrogen-bond acceptors (Lipinski definition) is 7. The van der Waals surface area contributed by atoms with E-state index < -0.39 is 15.4 Å². The minimum absolute atomic E-state index is 0.0119. The van der Waals surface area contributed by atoms with Crippen LogP contribution in [0, 0.1) is 0 Å². The second-order valence-corrected chi connectivity index (χ2v) is 9.96. The van der Waals surface area contributed by atoms with Gasteiger partial charge in [-0.2, -0.15) is 0 Å². The molecule has 1 atom stereocenters. The second kappa shape index (κ2) is 7.51. The third-order valence-corrected chi connectivity index (χ3v) is 7.38. The van der Waals surface area contributed by atoms with Gasteiger partial charge in [0.15, 0.2) is 20.8 Å². The van der Waals surface area contributed by atoms with Crippen LogP contribution in [0.15, 0.2) is 29.4 Å². The Hall–Kier alpha value is -2.07. The predicted molar refractivity (Wildman–Crippen MR) is 104 cm³/mol. The van der Waals surface area contributed by atoms with Crippen molar-refractivity contribution >= 4 is 27.5 Å². The first kappa shape index (κ1) is 19.7. The van der Waals surface area contributed by atoms with Gasteiger partial charge >= 0.3 is 0 Å². The molecule has 0 spiro atoms. The van der Waals surface area contributed by atoms with Gasteiger partial charge in [0.25, 0.3) is 0 Å². The lowest BCUT2D eigenvalue weighted by atomic mass is 10.0. The van der Waals surface area contributed by atoms with Gasteiger partial charge in [0.05, 0.1) is 29.9 Å². The molecular weight excluding hydrogens is 388 g/mol. The maximum Gasteiger partial charge on any atom is 0.230 e. The van der Waals surface area contributed by atoms with Crippen LogP contribution in [-0.4, -0.2) is 59.0 Å². The summed E-state index contributed by atoms with van der Waals surface area (Å²) >= 11 is 1.26. The molecule has 1 amide bonds. The Morgan fingerprint density at radius 1 is 1.33 bits per heavy atom. The lowest BCUT2D eigenvalue weighted by molar-refractivity contribution is -0.120. The monoisotopic (exact) mass is 410 g/mol. The molecule has 0 radical (unpaired) electrons. The first-order chi connectivity index (χ1) is 12.7. The number of benzene rings is 1. The summed E-state index contributed by atoms with van der Waals surface area (Å²) in [7, 11) is 0.385. The number of methoxy groups -OCH3 is 1. The van der Waals surface area contributed by atoms with E-state index in [4.69, 9.17) is 4.74 Å². The van der Waals surface area contributed by atoms with Gasteiger partial charge in [-0.3, -0.25) is 4.79 Å². The van der Waals surface area contributed by atoms with Gasteiger partial charge in [-0.25, -0.2) is 8.42 Å². The molecule has 1 aliphatic heterocycles. The van der Waals surface area contributed by atoms with Gasteiger partial charge in [-0.15, -0.1) is 10.2 Å². The van der Waals surface area contributed by atoms with Crippen molar-refractivity contribution in [3.63, 3.8) is 0 Å². The summed E-state index contributed by atoms with van der Waals surface area (Å²) in [4.78, 5) is 12.2. The molecule has 0 unspecified atom stereocenters. The van der Waals surface area contributed by atoms with Crippen molar-refractivity contribution in [2.24, 2.45) is 7.05 Å². The summed E-state index contributed by atoms with van der Waals surface area (Å²) in [5.41, 5.74) is 0.204. The van der Waals surface area contributed by atoms with Crippen LogP contribution in [0.3, 0.4) is 0 Å². The van der Waals surface area contributed by atoms with E-state index in [0.29, 0.717) is 17.4 Å². The van der Waals surface area contributed by atoms with Crippen LogP contribution in [-0.2, 0) is 21.7 Å². The van der Waals surface area contributed by atoms with Gasteiger partial charge < -0.3 is 14.6 Å². The number of thioether (sulfide) groups is 1. The SMILES string of the molecule is COc1ccc(-c2nnc(SCC(=O)N[C@@]3(C)CCS(=O)(=O)C3)n2C)cc1. The molecule has 1 aliphatic rings. The molecule has 1 N–H and O–H groups in total. The molecule has 3 rings (SSSR count). The van der Waals surface area contributed by atoms with E-state index in [1.54, 1.807) is 14.0 Å². The van der Waals surface area contributed by atoms with Crippen molar-refractivity contribution in [2.75, 3.05) is 24.4 Å². The molecular formula is C17H22N4O4S2. The third-order valence-electron chi connectivity index (χ3n) is 4.46. The molecule has 146 valence electrons. The average molecular weight is 411 g/mol. The molecule has 1 aromatic heterocycles. The minimum Gasteiger partial charge on any atom is -0.497 e. The van der Waals surface area contributed by atoms with Crippen LogP contribution >= 0.6 is 11.8 Å². The van der Waals surface area contributed by atoms with E-state index in [9.17, 15) is 13.2 Å². The van der Waals surface area contributed by atoms with Crippen LogP contribution in [0.25, 0.3) is 11.4 Å². The Morgan fingerprint density at radius 3 is 2.63 bits per heavy atom. The summed E-state index contributed by atoms with van der Waals surface area (Å²) < 4.78 is 30.3. The zero-order valence-corrected chi connectivity index (χ0v) is 17.1. The maximum absolute atomic E-state index is 12.2. The van der Waals surface area contributed by atoms with Gasteiger partial charge in [0.1, 0.15) is 5.75 Å². The molecule has 27 heavy (non-hydrogen) atoms. The van der Waals surface area contributed by atoms with E-state index in [1.807, 2.05) is 35.9 Å². The highest BCUT2D eigenvalue weighted by molar-refractivity contribution is 7.99. The van der Waals surface area contributed by atoms with Crippen LogP contribution < -0.4 is 10.1 Å². The van der Waals surface area contributed by atoms with Crippen molar-refractivity contribution in [1.29, 1.82) is 0 Å². The number of ether oxygens (including phenoxy) is 1. The Balaban J connectivity index is 1.61. The van der Waals surface area contributed by atoms with Gasteiger partial charge in [-0.05, 0) is 37.6 Å². The van der Waals surface area contributed by atoms with Crippen molar-refractivity contribution in [1.82, 2.24) is 20.1 Å². The molecule has 10 heteroatoms. The van der Waals surface area contributed by atoms with Gasteiger partial charge in [0, 0.05) is 12.6 Å². The molecule has 0 aliphatic carbocycles. The number of carbonyl (C=O) groups excluding carboxylic acids is 1. The lowest BCUT2D eigenvalue weighted by Crippen LogP contribution is -2.47. The molecule has 1 saturated heterocycles. The number of carbonyl (C=O) groups is 1. The first-order valence-electron chi connectivity index (χ1n) is 8.39. The summed E-state index contributed by atoms with van der Waals surface area (Å²) in [5.74, 6) is 1.48. The Bertz CT molecular complexity index is 940. The third kappa shape index (κ3) is 4.62. The normalized spacial score (nSPS) is 21.1. The number of aromatic nitrogens is 3. The molecule has 1 aromatic carbocycles. The minimum atomic E-state index is -3.06. The summed E-state index contributed by atoms with van der Waals surface area (Å²) in [6, 6.07) is 7.48. The number of hydrogen-bond donors (Lipinski definition) is 1. The summed E-state index contributed by atoms with van der Waals surface area (Å²) in [5, 5.41) is 11.8. The predicted octanol–water partition coefficient (Wildman–Crippen LogP) is 1.28. The van der Waals surface area contributed by atoms with E-state index >= 15 is 0 Å². The summed E-state index contributed by atoms with van der Waals surface area (Å²) in [6.45, 7) is 1.77. The molecule has 1 fully saturated rings. The zero-order chi connectivity index (χ0) is 19.7. The lowest BCUT2D eigenvalue weighted by Gasteiger charge is -2.23. The molecule has 0 saturated carbocycles. The molecule has 0 bridgehead atoms. The van der Waals surface area contributed by atoms with E-state index in [1.165, 1.54) is 11.8 Å². The number of nitrogens with zero attached hydrogens (tertiary/aromatic N) is 3. The quantitative estimate of drug-likeness (QED) is 0.716. The highest BCUT2D eigenvalue weighted by Gasteiger charge is 2.39. The van der Waals surface area contributed by atoms with Crippen molar-refractivity contribution in [3.05, 3.63) is 24.3 Å². The average Bonchev–Trinajstić information content (AvgIpc) is 3.12. The topological polar surface area (TPSA) is 103 Å². The van der Waals surface area contributed by atoms with Crippen LogP contribution in [0.2, 0.25) is 0 Å². The fraction of sp³-hybridized carbons (Fsp3) is 0.471. The first-order valence-corrected chi connectivity index (χ1v) is 11.2. The maximum atomic E-state index is 12.2. The van der Waals surface area contributed by atoms with Gasteiger partial charge in [0.2, 0.25) is 5.91 Å². The van der Waals surface area contributed by atoms with Crippen LogP contribution in [0.4, 0.5) is 0 Å². The van der Waals surface area contributed by atoms with Crippen LogP contribution in [0.5, 0.6) is 5.75 Å². The fourth-order valence-corrected chi connectivity index (χ4v) is 5.85. The van der Waals surface area contributed by atoms with E-state index in [-0.39, 0.29) is 23.2 Å². The number of sulfone groups is 1. The van der Waals surface area contributed by atoms with E-state index in [0.717, 1.165) is 11.3 Å². The fourth-order valence-electron chi connectivity index (χ4n) is 3.04. The standard InChI is InChI=1S/C17H22N4O4S2/c1-17(8-9-27(23,24)11-17)18-14(22)10-26-16-20-19-15(21(16)2)12-4-6-13(25-3)7-5-12/h4-7H,8-11H2,1-3H3,(H,18,22)/t17-/m0/s1. The van der Waals surface area contributed by atoms with E-state index in [2.05, 4.69) is 15.5 Å². The molecule has 2 aromatic rings. The highest BCUT2D eigenvalue weighted by Crippen LogP contribution is 2.26. The van der Waals surface area contributed by atoms with Crippen molar-refractivity contribution < 1.29 is 17.9 Å². The van der Waals surface area contributed by atoms with Crippen LogP contribution in [0.1, 0.15) is 13.3 Å². The smallest absolute Gasteiger partial charge is 0.230 e. The number of amides is 1. The largest absolute Gasteiger partial charge is 0.497 e. The number of rotatable bonds is 6.